The first-order valence-corrected chi connectivity index (χ1v) is 10.2. The minimum atomic E-state index is -3.87. The van der Waals surface area contributed by atoms with Gasteiger partial charge < -0.3 is 0 Å². The van der Waals surface area contributed by atoms with Gasteiger partial charge in [-0.3, -0.25) is 0 Å². The molecule has 0 radical (unpaired) electrons. The normalized spacial score (nSPS) is 18.6. The molecule has 26 heavy (non-hydrogen) atoms. The van der Waals surface area contributed by atoms with E-state index in [0.717, 1.165) is 16.7 Å². The quantitative estimate of drug-likeness (QED) is 0.571. The van der Waals surface area contributed by atoms with Crippen molar-refractivity contribution in [2.24, 2.45) is 0 Å². The number of nitrogens with zero attached hydrogens (tertiary/aromatic N) is 1. The van der Waals surface area contributed by atoms with E-state index >= 15 is 0 Å². The molecule has 0 saturated heterocycles. The summed E-state index contributed by atoms with van der Waals surface area (Å²) >= 11 is 1.22. The lowest BCUT2D eigenvalue weighted by molar-refractivity contribution is 0.333. The second-order valence-electron chi connectivity index (χ2n) is 5.87. The number of benzene rings is 2. The van der Waals surface area contributed by atoms with Crippen LogP contribution in [0.2, 0.25) is 0 Å². The second-order valence-corrected chi connectivity index (χ2v) is 8.59. The van der Waals surface area contributed by atoms with Crippen LogP contribution < -0.4 is 0 Å². The van der Waals surface area contributed by atoms with Crippen LogP contribution in [0, 0.1) is 25.2 Å². The minimum absolute atomic E-state index is 0.119. The molecular weight excluding hydrogens is 366 g/mol. The summed E-state index contributed by atoms with van der Waals surface area (Å²) in [6.45, 7) is 3.82. The van der Waals surface area contributed by atoms with Crippen molar-refractivity contribution in [3.63, 3.8) is 0 Å². The summed E-state index contributed by atoms with van der Waals surface area (Å²) in [5.41, 5.74) is 2.62. The molecule has 0 bridgehead atoms. The molecule has 0 spiro atoms. The SMILES string of the molecule is Cc1ccc(S(=O)(=O)OC2C=CC(=C(C#N)c3ccccc3C)S2)cc1. The van der Waals surface area contributed by atoms with Gasteiger partial charge >= 0.3 is 0 Å². The molecule has 1 heterocycles. The number of nitriles is 1. The molecule has 1 atom stereocenters. The zero-order valence-electron chi connectivity index (χ0n) is 14.3. The van der Waals surface area contributed by atoms with Crippen LogP contribution >= 0.6 is 11.8 Å². The van der Waals surface area contributed by atoms with Crippen molar-refractivity contribution in [1.29, 1.82) is 5.26 Å². The Morgan fingerprint density at radius 2 is 1.81 bits per heavy atom. The first-order chi connectivity index (χ1) is 12.4. The maximum atomic E-state index is 12.4. The van der Waals surface area contributed by atoms with Gasteiger partial charge in [-0.1, -0.05) is 53.7 Å². The van der Waals surface area contributed by atoms with Gasteiger partial charge in [0.05, 0.1) is 10.5 Å². The molecule has 132 valence electrons. The zero-order valence-corrected chi connectivity index (χ0v) is 16.0. The van der Waals surface area contributed by atoms with Gasteiger partial charge in [0.15, 0.2) is 0 Å². The summed E-state index contributed by atoms with van der Waals surface area (Å²) < 4.78 is 30.2. The highest BCUT2D eigenvalue weighted by atomic mass is 32.2. The Labute approximate surface area is 157 Å². The number of allylic oxidation sites excluding steroid dienone is 2. The van der Waals surface area contributed by atoms with E-state index in [9.17, 15) is 13.7 Å². The summed E-state index contributed by atoms with van der Waals surface area (Å²) in [6, 6.07) is 16.3. The molecule has 3 rings (SSSR count). The average Bonchev–Trinajstić information content (AvgIpc) is 3.05. The molecule has 0 N–H and O–H groups in total. The van der Waals surface area contributed by atoms with Crippen molar-refractivity contribution < 1.29 is 12.6 Å². The topological polar surface area (TPSA) is 67.2 Å². The number of thioether (sulfide) groups is 1. The molecule has 0 amide bonds. The maximum absolute atomic E-state index is 12.4. The van der Waals surface area contributed by atoms with Gasteiger partial charge in [0.25, 0.3) is 10.1 Å². The molecule has 0 fully saturated rings. The molecule has 1 aliphatic rings. The van der Waals surface area contributed by atoms with E-state index in [1.807, 2.05) is 38.1 Å². The lowest BCUT2D eigenvalue weighted by Crippen LogP contribution is -2.12. The predicted molar refractivity (Wildman–Crippen MR) is 104 cm³/mol. The first kappa shape index (κ1) is 18.5. The summed E-state index contributed by atoms with van der Waals surface area (Å²) in [6.07, 6.45) is 3.40. The fourth-order valence-corrected chi connectivity index (χ4v) is 4.75. The van der Waals surface area contributed by atoms with E-state index < -0.39 is 15.6 Å². The number of hydrogen-bond donors (Lipinski definition) is 0. The Bertz CT molecular complexity index is 1030. The van der Waals surface area contributed by atoms with Gasteiger partial charge in [0, 0.05) is 4.91 Å². The van der Waals surface area contributed by atoms with Gasteiger partial charge in [-0.2, -0.15) is 13.7 Å². The van der Waals surface area contributed by atoms with Crippen LogP contribution in [0.3, 0.4) is 0 Å². The van der Waals surface area contributed by atoms with Gasteiger partial charge in [-0.15, -0.1) is 0 Å². The van der Waals surface area contributed by atoms with E-state index in [4.69, 9.17) is 4.18 Å². The Kier molecular flexibility index (Phi) is 5.33. The van der Waals surface area contributed by atoms with Crippen LogP contribution in [0.15, 0.2) is 70.5 Å². The molecule has 4 nitrogen and oxygen atoms in total. The van der Waals surface area contributed by atoms with E-state index in [0.29, 0.717) is 10.5 Å². The highest BCUT2D eigenvalue weighted by Crippen LogP contribution is 2.39. The molecule has 0 saturated carbocycles. The number of aryl methyl sites for hydroxylation is 2. The van der Waals surface area contributed by atoms with E-state index in [-0.39, 0.29) is 4.90 Å². The van der Waals surface area contributed by atoms with Crippen LogP contribution in [0.5, 0.6) is 0 Å². The fourth-order valence-electron chi connectivity index (χ4n) is 2.55. The van der Waals surface area contributed by atoms with Gasteiger partial charge in [0.2, 0.25) is 0 Å². The van der Waals surface area contributed by atoms with Crippen molar-refractivity contribution in [3.8, 4) is 6.07 Å². The Balaban J connectivity index is 1.83. The van der Waals surface area contributed by atoms with Crippen molar-refractivity contribution >= 4 is 27.5 Å². The highest BCUT2D eigenvalue weighted by molar-refractivity contribution is 8.04. The van der Waals surface area contributed by atoms with Crippen molar-refractivity contribution in [2.75, 3.05) is 0 Å². The average molecular weight is 383 g/mol. The van der Waals surface area contributed by atoms with Crippen molar-refractivity contribution in [3.05, 3.63) is 82.3 Å². The third kappa shape index (κ3) is 3.91. The molecule has 0 aliphatic carbocycles. The lowest BCUT2D eigenvalue weighted by atomic mass is 10.0. The molecule has 1 unspecified atom stereocenters. The first-order valence-electron chi connectivity index (χ1n) is 7.96. The highest BCUT2D eigenvalue weighted by Gasteiger charge is 2.26. The monoisotopic (exact) mass is 383 g/mol. The summed E-state index contributed by atoms with van der Waals surface area (Å²) in [5, 5.41) is 9.57. The smallest absolute Gasteiger partial charge is 0.247 e. The van der Waals surface area contributed by atoms with E-state index in [1.54, 1.807) is 24.3 Å². The van der Waals surface area contributed by atoms with Crippen LogP contribution in [-0.2, 0) is 14.3 Å². The van der Waals surface area contributed by atoms with Gasteiger partial charge in [-0.05, 0) is 49.3 Å². The Hall–Kier alpha value is -2.33. The van der Waals surface area contributed by atoms with Crippen LogP contribution in [-0.4, -0.2) is 13.9 Å². The standard InChI is InChI=1S/C20H17NO3S2/c1-14-7-9-16(10-8-14)26(22,23)24-20-12-11-19(25-20)18(13-21)17-6-4-3-5-15(17)2/h3-12,20H,1-2H3. The largest absolute Gasteiger partial charge is 0.298 e. The van der Waals surface area contributed by atoms with Crippen molar-refractivity contribution in [2.45, 2.75) is 24.2 Å². The molecule has 2 aromatic rings. The molecular formula is C20H17NO3S2. The minimum Gasteiger partial charge on any atom is -0.247 e. The van der Waals surface area contributed by atoms with Gasteiger partial charge in [-0.25, -0.2) is 4.18 Å². The Morgan fingerprint density at radius 3 is 2.46 bits per heavy atom. The van der Waals surface area contributed by atoms with Crippen molar-refractivity contribution in [1.82, 2.24) is 0 Å². The molecule has 6 heteroatoms. The summed E-state index contributed by atoms with van der Waals surface area (Å²) in [7, 11) is -3.87. The third-order valence-electron chi connectivity index (χ3n) is 3.95. The lowest BCUT2D eigenvalue weighted by Gasteiger charge is -2.11. The maximum Gasteiger partial charge on any atom is 0.298 e. The Morgan fingerprint density at radius 1 is 1.12 bits per heavy atom. The molecule has 1 aliphatic heterocycles. The van der Waals surface area contributed by atoms with E-state index in [1.165, 1.54) is 23.9 Å². The van der Waals surface area contributed by atoms with Crippen LogP contribution in [0.25, 0.3) is 5.57 Å². The summed E-state index contributed by atoms with van der Waals surface area (Å²) in [4.78, 5) is 0.819. The predicted octanol–water partition coefficient (Wildman–Crippen LogP) is 4.57. The summed E-state index contributed by atoms with van der Waals surface area (Å²) in [5.74, 6) is 0. The third-order valence-corrected chi connectivity index (χ3v) is 6.46. The van der Waals surface area contributed by atoms with E-state index in [2.05, 4.69) is 6.07 Å². The molecule has 2 aromatic carbocycles. The number of rotatable bonds is 4. The fraction of sp³-hybridized carbons (Fsp3) is 0.150. The molecule has 0 aromatic heterocycles. The number of hydrogen-bond acceptors (Lipinski definition) is 5. The van der Waals surface area contributed by atoms with Crippen LogP contribution in [0.1, 0.15) is 16.7 Å². The zero-order chi connectivity index (χ0) is 18.7. The van der Waals surface area contributed by atoms with Crippen LogP contribution in [0.4, 0.5) is 0 Å². The van der Waals surface area contributed by atoms with Gasteiger partial charge in [0.1, 0.15) is 11.5 Å². The second kappa shape index (κ2) is 7.50.